The Morgan fingerprint density at radius 1 is 1.10 bits per heavy atom. The molecule has 0 aliphatic rings. The molecule has 0 aliphatic heterocycles. The van der Waals surface area contributed by atoms with E-state index in [1.807, 2.05) is 49.4 Å². The van der Waals surface area contributed by atoms with Crippen LogP contribution in [-0.2, 0) is 16.6 Å². The fourth-order valence-corrected chi connectivity index (χ4v) is 3.58. The third-order valence-corrected chi connectivity index (χ3v) is 4.69. The summed E-state index contributed by atoms with van der Waals surface area (Å²) >= 11 is 0. The van der Waals surface area contributed by atoms with Gasteiger partial charge in [-0.1, -0.05) is 24.3 Å². The lowest BCUT2D eigenvalue weighted by Gasteiger charge is -2.08. The van der Waals surface area contributed by atoms with Crippen molar-refractivity contribution in [1.82, 2.24) is 4.98 Å². The van der Waals surface area contributed by atoms with E-state index < -0.39 is 10.8 Å². The summed E-state index contributed by atoms with van der Waals surface area (Å²) < 4.78 is 12.6. The van der Waals surface area contributed by atoms with E-state index in [1.54, 1.807) is 12.1 Å². The Hall–Kier alpha value is -2.20. The van der Waals surface area contributed by atoms with Crippen LogP contribution in [0, 0.1) is 6.92 Å². The molecule has 3 nitrogen and oxygen atoms in total. The van der Waals surface area contributed by atoms with Crippen molar-refractivity contribution in [2.45, 2.75) is 17.6 Å². The summed E-state index contributed by atoms with van der Waals surface area (Å²) in [6, 6.07) is 17.2. The zero-order valence-corrected chi connectivity index (χ0v) is 12.6. The normalized spacial score (nSPS) is 12.4. The molecule has 0 fully saturated rings. The van der Waals surface area contributed by atoms with Crippen molar-refractivity contribution in [3.63, 3.8) is 0 Å². The lowest BCUT2D eigenvalue weighted by molar-refractivity contribution is 0.683. The minimum Gasteiger partial charge on any atom is -0.399 e. The van der Waals surface area contributed by atoms with Gasteiger partial charge in [-0.05, 0) is 42.8 Å². The summed E-state index contributed by atoms with van der Waals surface area (Å²) in [5, 5.41) is 1.06. The van der Waals surface area contributed by atoms with Crippen LogP contribution in [0.5, 0.6) is 0 Å². The molecular formula is C17H16N2OS. The van der Waals surface area contributed by atoms with Gasteiger partial charge in [-0.3, -0.25) is 9.19 Å². The molecule has 1 unspecified atom stereocenters. The van der Waals surface area contributed by atoms with Gasteiger partial charge in [-0.2, -0.15) is 0 Å². The number of hydrogen-bond donors (Lipinski definition) is 1. The van der Waals surface area contributed by atoms with Crippen molar-refractivity contribution in [3.8, 4) is 0 Å². The van der Waals surface area contributed by atoms with E-state index in [0.717, 1.165) is 27.1 Å². The predicted octanol–water partition coefficient (Wildman–Crippen LogP) is 3.43. The molecule has 3 rings (SSSR count). The molecule has 3 aromatic rings. The van der Waals surface area contributed by atoms with Gasteiger partial charge in [0.05, 0.1) is 22.1 Å². The first-order chi connectivity index (χ1) is 10.1. The first-order valence-electron chi connectivity index (χ1n) is 6.72. The fraction of sp³-hybridized carbons (Fsp3) is 0.118. The molecule has 4 heteroatoms. The maximum Gasteiger partial charge on any atom is 0.0708 e. The molecule has 1 atom stereocenters. The zero-order valence-electron chi connectivity index (χ0n) is 11.7. The van der Waals surface area contributed by atoms with E-state index in [0.29, 0.717) is 11.4 Å². The zero-order chi connectivity index (χ0) is 14.8. The van der Waals surface area contributed by atoms with Crippen LogP contribution >= 0.6 is 0 Å². The molecule has 0 radical (unpaired) electrons. The highest BCUT2D eigenvalue weighted by molar-refractivity contribution is 7.84. The topological polar surface area (TPSA) is 56.0 Å². The number of nitrogens with zero attached hydrogens (tertiary/aromatic N) is 1. The van der Waals surface area contributed by atoms with Gasteiger partial charge < -0.3 is 5.73 Å². The molecule has 106 valence electrons. The van der Waals surface area contributed by atoms with Crippen LogP contribution in [0.4, 0.5) is 5.69 Å². The Bertz CT molecular complexity index is 830. The first-order valence-corrected chi connectivity index (χ1v) is 8.04. The molecule has 2 aromatic carbocycles. The molecular weight excluding hydrogens is 280 g/mol. The van der Waals surface area contributed by atoms with Crippen LogP contribution in [0.25, 0.3) is 10.9 Å². The van der Waals surface area contributed by atoms with Crippen LogP contribution in [0.2, 0.25) is 0 Å². The third-order valence-electron chi connectivity index (χ3n) is 3.34. The van der Waals surface area contributed by atoms with E-state index in [4.69, 9.17) is 5.73 Å². The van der Waals surface area contributed by atoms with Gasteiger partial charge >= 0.3 is 0 Å². The molecule has 0 saturated carbocycles. The average Bonchev–Trinajstić information content (AvgIpc) is 2.47. The van der Waals surface area contributed by atoms with Crippen molar-refractivity contribution < 1.29 is 4.21 Å². The van der Waals surface area contributed by atoms with Crippen LogP contribution in [0.1, 0.15) is 11.3 Å². The maximum atomic E-state index is 12.6. The summed E-state index contributed by atoms with van der Waals surface area (Å²) in [4.78, 5) is 5.27. The summed E-state index contributed by atoms with van der Waals surface area (Å²) in [7, 11) is -1.12. The lowest BCUT2D eigenvalue weighted by atomic mass is 10.1. The van der Waals surface area contributed by atoms with Crippen LogP contribution in [0.3, 0.4) is 0 Å². The van der Waals surface area contributed by atoms with Crippen LogP contribution in [0.15, 0.2) is 59.5 Å². The highest BCUT2D eigenvalue weighted by Gasteiger charge is 2.09. The number of hydrogen-bond acceptors (Lipinski definition) is 3. The number of benzene rings is 2. The van der Waals surface area contributed by atoms with Gasteiger partial charge in [-0.15, -0.1) is 0 Å². The maximum absolute atomic E-state index is 12.6. The van der Waals surface area contributed by atoms with E-state index in [-0.39, 0.29) is 0 Å². The fourth-order valence-electron chi connectivity index (χ4n) is 2.39. The van der Waals surface area contributed by atoms with E-state index >= 15 is 0 Å². The van der Waals surface area contributed by atoms with Crippen LogP contribution in [-0.4, -0.2) is 9.19 Å². The number of nitrogens with two attached hydrogens (primary N) is 1. The Morgan fingerprint density at radius 3 is 2.71 bits per heavy atom. The van der Waals surface area contributed by atoms with Crippen molar-refractivity contribution in [2.24, 2.45) is 0 Å². The Labute approximate surface area is 126 Å². The molecule has 0 bridgehead atoms. The molecule has 0 spiro atoms. The minimum absolute atomic E-state index is 0.466. The quantitative estimate of drug-likeness (QED) is 0.753. The summed E-state index contributed by atoms with van der Waals surface area (Å²) in [6.45, 7) is 1.96. The number of aromatic nitrogens is 1. The largest absolute Gasteiger partial charge is 0.399 e. The summed E-state index contributed by atoms with van der Waals surface area (Å²) in [5.74, 6) is 0.466. The first kappa shape index (κ1) is 13.8. The van der Waals surface area contributed by atoms with Gasteiger partial charge in [0.2, 0.25) is 0 Å². The number of pyridine rings is 1. The van der Waals surface area contributed by atoms with Gasteiger partial charge in [0.1, 0.15) is 0 Å². The highest BCUT2D eigenvalue weighted by atomic mass is 32.2. The Balaban J connectivity index is 2.00. The number of para-hydroxylation sites is 1. The molecule has 2 N–H and O–H groups in total. The Morgan fingerprint density at radius 2 is 1.90 bits per heavy atom. The van der Waals surface area contributed by atoms with E-state index in [9.17, 15) is 4.21 Å². The van der Waals surface area contributed by atoms with Gasteiger partial charge in [0, 0.05) is 21.7 Å². The Kier molecular flexibility index (Phi) is 3.71. The van der Waals surface area contributed by atoms with Crippen molar-refractivity contribution in [2.75, 3.05) is 5.73 Å². The van der Waals surface area contributed by atoms with Crippen molar-refractivity contribution in [1.29, 1.82) is 0 Å². The number of aryl methyl sites for hydroxylation is 1. The smallest absolute Gasteiger partial charge is 0.0708 e. The molecule has 21 heavy (non-hydrogen) atoms. The van der Waals surface area contributed by atoms with Gasteiger partial charge in [0.25, 0.3) is 0 Å². The average molecular weight is 296 g/mol. The van der Waals surface area contributed by atoms with Crippen molar-refractivity contribution >= 4 is 27.4 Å². The molecule has 0 aliphatic carbocycles. The van der Waals surface area contributed by atoms with Crippen molar-refractivity contribution in [3.05, 3.63) is 65.9 Å². The minimum atomic E-state index is -1.12. The van der Waals surface area contributed by atoms with Gasteiger partial charge in [-0.25, -0.2) is 0 Å². The second-order valence-electron chi connectivity index (χ2n) is 5.00. The molecule has 1 aromatic heterocycles. The number of anilines is 1. The van der Waals surface area contributed by atoms with Gasteiger partial charge in [0.15, 0.2) is 0 Å². The number of nitrogen functional groups attached to an aromatic ring is 1. The molecule has 0 saturated heterocycles. The van der Waals surface area contributed by atoms with Crippen LogP contribution < -0.4 is 5.73 Å². The second-order valence-corrected chi connectivity index (χ2v) is 6.45. The monoisotopic (exact) mass is 296 g/mol. The molecule has 0 amide bonds. The third kappa shape index (κ3) is 2.95. The van der Waals surface area contributed by atoms with E-state index in [1.165, 1.54) is 0 Å². The number of rotatable bonds is 3. The second kappa shape index (κ2) is 5.66. The number of fused-ring (bicyclic) bond motifs is 1. The standard InChI is InChI=1S/C17H16N2OS/c1-12-9-13(16-7-2-3-8-17(16)19-12)11-21(20)15-6-4-5-14(18)10-15/h2-10H,11,18H2,1H3. The summed E-state index contributed by atoms with van der Waals surface area (Å²) in [6.07, 6.45) is 0. The lowest BCUT2D eigenvalue weighted by Crippen LogP contribution is -2.00. The van der Waals surface area contributed by atoms with E-state index in [2.05, 4.69) is 4.98 Å². The highest BCUT2D eigenvalue weighted by Crippen LogP contribution is 2.22. The SMILES string of the molecule is Cc1cc(CS(=O)c2cccc(N)c2)c2ccccc2n1. The molecule has 1 heterocycles. The summed E-state index contributed by atoms with van der Waals surface area (Å²) in [5.41, 5.74) is 9.33. The predicted molar refractivity (Wildman–Crippen MR) is 87.4 cm³/mol.